The monoisotopic (exact) mass is 416 g/mol. The molecular formula is C17H29IN4. The van der Waals surface area contributed by atoms with Gasteiger partial charge >= 0.3 is 0 Å². The van der Waals surface area contributed by atoms with Crippen molar-refractivity contribution in [2.24, 2.45) is 10.9 Å². The van der Waals surface area contributed by atoms with E-state index in [4.69, 9.17) is 0 Å². The molecular weight excluding hydrogens is 387 g/mol. The van der Waals surface area contributed by atoms with Gasteiger partial charge in [-0.3, -0.25) is 4.99 Å². The van der Waals surface area contributed by atoms with Crippen molar-refractivity contribution >= 4 is 29.9 Å². The van der Waals surface area contributed by atoms with Crippen molar-refractivity contribution in [3.63, 3.8) is 0 Å². The summed E-state index contributed by atoms with van der Waals surface area (Å²) in [6.07, 6.45) is 1.29. The first-order valence-electron chi connectivity index (χ1n) is 7.93. The number of nitrogens with zero attached hydrogens (tertiary/aromatic N) is 2. The van der Waals surface area contributed by atoms with Gasteiger partial charge in [-0.1, -0.05) is 36.8 Å². The fraction of sp³-hybridized carbons (Fsp3) is 0.588. The zero-order chi connectivity index (χ0) is 15.1. The predicted octanol–water partition coefficient (Wildman–Crippen LogP) is 2.62. The standard InChI is InChI=1S/C17H28N4.HI/c1-4-21-9-8-16(13-21)12-20-17(18-3)19-11-15-7-5-6-14(2)10-15;/h5-7,10,16H,4,8-9,11-13H2,1-3H3,(H2,18,19,20);1H. The molecule has 1 unspecified atom stereocenters. The van der Waals surface area contributed by atoms with E-state index in [1.807, 2.05) is 7.05 Å². The number of nitrogens with one attached hydrogen (secondary N) is 2. The van der Waals surface area contributed by atoms with E-state index in [0.29, 0.717) is 0 Å². The number of aryl methyl sites for hydroxylation is 1. The summed E-state index contributed by atoms with van der Waals surface area (Å²) in [6, 6.07) is 8.57. The number of guanidine groups is 1. The van der Waals surface area contributed by atoms with E-state index >= 15 is 0 Å². The van der Waals surface area contributed by atoms with E-state index in [2.05, 4.69) is 58.6 Å². The van der Waals surface area contributed by atoms with Crippen LogP contribution < -0.4 is 10.6 Å². The summed E-state index contributed by atoms with van der Waals surface area (Å²) in [5.74, 6) is 1.63. The van der Waals surface area contributed by atoms with Gasteiger partial charge in [0.2, 0.25) is 0 Å². The second kappa shape index (κ2) is 10.0. The third kappa shape index (κ3) is 6.12. The molecule has 0 saturated carbocycles. The smallest absolute Gasteiger partial charge is 0.191 e. The zero-order valence-electron chi connectivity index (χ0n) is 13.9. The molecule has 1 aromatic rings. The molecule has 2 rings (SSSR count). The molecule has 1 aliphatic heterocycles. The summed E-state index contributed by atoms with van der Waals surface area (Å²) in [4.78, 5) is 6.82. The number of halogens is 1. The van der Waals surface area contributed by atoms with Crippen LogP contribution in [0, 0.1) is 12.8 Å². The average Bonchev–Trinajstić information content (AvgIpc) is 2.95. The summed E-state index contributed by atoms with van der Waals surface area (Å²) in [5.41, 5.74) is 2.58. The topological polar surface area (TPSA) is 39.7 Å². The van der Waals surface area contributed by atoms with Crippen LogP contribution in [0.4, 0.5) is 0 Å². The first kappa shape index (κ1) is 19.2. The maximum absolute atomic E-state index is 4.31. The Labute approximate surface area is 151 Å². The number of aliphatic imine (C=N–C) groups is 1. The Bertz CT molecular complexity index is 475. The summed E-state index contributed by atoms with van der Waals surface area (Å²) in [5, 5.41) is 6.84. The Morgan fingerprint density at radius 1 is 1.36 bits per heavy atom. The fourth-order valence-electron chi connectivity index (χ4n) is 2.84. The molecule has 0 amide bonds. The molecule has 0 spiro atoms. The SMILES string of the molecule is CCN1CCC(CNC(=NC)NCc2cccc(C)c2)C1.I. The van der Waals surface area contributed by atoms with Crippen molar-refractivity contribution in [1.82, 2.24) is 15.5 Å². The van der Waals surface area contributed by atoms with Crippen molar-refractivity contribution in [3.05, 3.63) is 35.4 Å². The molecule has 124 valence electrons. The number of rotatable bonds is 5. The second-order valence-electron chi connectivity index (χ2n) is 5.84. The van der Waals surface area contributed by atoms with Crippen molar-refractivity contribution < 1.29 is 0 Å². The highest BCUT2D eigenvalue weighted by Gasteiger charge is 2.20. The molecule has 2 N–H and O–H groups in total. The van der Waals surface area contributed by atoms with Gasteiger partial charge < -0.3 is 15.5 Å². The van der Waals surface area contributed by atoms with Gasteiger partial charge in [-0.25, -0.2) is 0 Å². The van der Waals surface area contributed by atoms with E-state index in [-0.39, 0.29) is 24.0 Å². The minimum Gasteiger partial charge on any atom is -0.356 e. The average molecular weight is 416 g/mol. The molecule has 0 radical (unpaired) electrons. The van der Waals surface area contributed by atoms with Crippen LogP contribution in [0.5, 0.6) is 0 Å². The van der Waals surface area contributed by atoms with Crippen LogP contribution in [-0.2, 0) is 6.54 Å². The highest BCUT2D eigenvalue weighted by atomic mass is 127. The lowest BCUT2D eigenvalue weighted by Crippen LogP contribution is -2.39. The molecule has 0 aliphatic carbocycles. The van der Waals surface area contributed by atoms with Crippen molar-refractivity contribution in [1.29, 1.82) is 0 Å². The van der Waals surface area contributed by atoms with E-state index in [1.54, 1.807) is 0 Å². The molecule has 5 heteroatoms. The molecule has 1 aromatic carbocycles. The minimum absolute atomic E-state index is 0. The van der Waals surface area contributed by atoms with Crippen LogP contribution in [0.1, 0.15) is 24.5 Å². The highest BCUT2D eigenvalue weighted by molar-refractivity contribution is 14.0. The number of hydrogen-bond donors (Lipinski definition) is 2. The molecule has 1 aliphatic rings. The van der Waals surface area contributed by atoms with Crippen LogP contribution in [0.3, 0.4) is 0 Å². The van der Waals surface area contributed by atoms with Gasteiger partial charge in [0.15, 0.2) is 5.96 Å². The van der Waals surface area contributed by atoms with Crippen LogP contribution in [0.2, 0.25) is 0 Å². The molecule has 4 nitrogen and oxygen atoms in total. The largest absolute Gasteiger partial charge is 0.356 e. The second-order valence-corrected chi connectivity index (χ2v) is 5.84. The molecule has 1 saturated heterocycles. The molecule has 1 atom stereocenters. The van der Waals surface area contributed by atoms with Crippen molar-refractivity contribution in [3.8, 4) is 0 Å². The quantitative estimate of drug-likeness (QED) is 0.441. The van der Waals surface area contributed by atoms with Crippen molar-refractivity contribution in [2.45, 2.75) is 26.8 Å². The third-order valence-corrected chi connectivity index (χ3v) is 4.14. The predicted molar refractivity (Wildman–Crippen MR) is 105 cm³/mol. The van der Waals surface area contributed by atoms with Crippen LogP contribution in [0.25, 0.3) is 0 Å². The maximum Gasteiger partial charge on any atom is 0.191 e. The van der Waals surface area contributed by atoms with Crippen LogP contribution in [0.15, 0.2) is 29.3 Å². The normalized spacial score (nSPS) is 18.9. The number of benzene rings is 1. The van der Waals surface area contributed by atoms with Crippen LogP contribution >= 0.6 is 24.0 Å². The first-order valence-corrected chi connectivity index (χ1v) is 7.93. The van der Waals surface area contributed by atoms with E-state index in [9.17, 15) is 0 Å². The lowest BCUT2D eigenvalue weighted by atomic mass is 10.1. The molecule has 1 heterocycles. The van der Waals surface area contributed by atoms with Crippen molar-refractivity contribution in [2.75, 3.05) is 33.2 Å². The fourth-order valence-corrected chi connectivity index (χ4v) is 2.84. The van der Waals surface area contributed by atoms with Gasteiger partial charge in [-0.15, -0.1) is 24.0 Å². The Hall–Kier alpha value is -0.820. The maximum atomic E-state index is 4.31. The van der Waals surface area contributed by atoms with Gasteiger partial charge in [-0.2, -0.15) is 0 Å². The minimum atomic E-state index is 0. The van der Waals surface area contributed by atoms with Gasteiger partial charge in [0.05, 0.1) is 0 Å². The van der Waals surface area contributed by atoms with E-state index < -0.39 is 0 Å². The summed E-state index contributed by atoms with van der Waals surface area (Å²) in [6.45, 7) is 9.78. The Balaban J connectivity index is 0.00000242. The Morgan fingerprint density at radius 2 is 2.18 bits per heavy atom. The van der Waals surface area contributed by atoms with Gasteiger partial charge in [0.25, 0.3) is 0 Å². The van der Waals surface area contributed by atoms with E-state index in [1.165, 1.54) is 30.6 Å². The summed E-state index contributed by atoms with van der Waals surface area (Å²) in [7, 11) is 1.83. The Morgan fingerprint density at radius 3 is 2.82 bits per heavy atom. The molecule has 22 heavy (non-hydrogen) atoms. The van der Waals surface area contributed by atoms with Gasteiger partial charge in [0.1, 0.15) is 0 Å². The summed E-state index contributed by atoms with van der Waals surface area (Å²) >= 11 is 0. The van der Waals surface area contributed by atoms with Gasteiger partial charge in [-0.05, 0) is 37.9 Å². The van der Waals surface area contributed by atoms with Crippen LogP contribution in [-0.4, -0.2) is 44.1 Å². The molecule has 1 fully saturated rings. The first-order chi connectivity index (χ1) is 10.2. The van der Waals surface area contributed by atoms with Gasteiger partial charge in [0, 0.05) is 26.7 Å². The zero-order valence-corrected chi connectivity index (χ0v) is 16.3. The number of likely N-dealkylation sites (tertiary alicyclic amines) is 1. The molecule has 0 aromatic heterocycles. The summed E-state index contributed by atoms with van der Waals surface area (Å²) < 4.78 is 0. The molecule has 0 bridgehead atoms. The number of hydrogen-bond acceptors (Lipinski definition) is 2. The Kier molecular flexibility index (Phi) is 8.78. The van der Waals surface area contributed by atoms with E-state index in [0.717, 1.165) is 31.5 Å². The lowest BCUT2D eigenvalue weighted by Gasteiger charge is -2.16. The third-order valence-electron chi connectivity index (χ3n) is 4.14. The highest BCUT2D eigenvalue weighted by Crippen LogP contribution is 2.14. The lowest BCUT2D eigenvalue weighted by molar-refractivity contribution is 0.342.